The summed E-state index contributed by atoms with van der Waals surface area (Å²) in [5.41, 5.74) is 5.26. The van der Waals surface area contributed by atoms with Gasteiger partial charge < -0.3 is 0 Å². The van der Waals surface area contributed by atoms with E-state index in [1.807, 2.05) is 38.1 Å². The van der Waals surface area contributed by atoms with Gasteiger partial charge in [-0.05, 0) is 30.5 Å². The Morgan fingerprint density at radius 1 is 1.29 bits per heavy atom. The molecule has 1 nitrogen and oxygen atoms in total. The normalized spacial score (nSPS) is 14.4. The van der Waals surface area contributed by atoms with Crippen LogP contribution >= 0.6 is 0 Å². The number of hydrogen-bond acceptors (Lipinski definition) is 1. The number of carbonyl (C=O) groups is 1. The number of benzene rings is 1. The van der Waals surface area contributed by atoms with E-state index in [2.05, 4.69) is 12.7 Å². The molecule has 0 spiro atoms. The molecule has 17 heavy (non-hydrogen) atoms. The van der Waals surface area contributed by atoms with Crippen LogP contribution in [0.4, 0.5) is 0 Å². The van der Waals surface area contributed by atoms with Crippen molar-refractivity contribution < 1.29 is 4.79 Å². The predicted molar refractivity (Wildman–Crippen MR) is 72.5 cm³/mol. The number of Topliss-reactive ketones (excluding diaryl/α,β-unsaturated/α-hetero) is 1. The summed E-state index contributed by atoms with van der Waals surface area (Å²) < 4.78 is 0. The van der Waals surface area contributed by atoms with Gasteiger partial charge in [-0.1, -0.05) is 48.6 Å². The zero-order chi connectivity index (χ0) is 12.4. The van der Waals surface area contributed by atoms with E-state index >= 15 is 0 Å². The van der Waals surface area contributed by atoms with Gasteiger partial charge in [-0.3, -0.25) is 4.79 Å². The molecule has 0 bridgehead atoms. The average Bonchev–Trinajstić information content (AvgIpc) is 2.28. The smallest absolute Gasteiger partial charge is 0.168 e. The number of rotatable bonds is 3. The van der Waals surface area contributed by atoms with Gasteiger partial charge in [0.25, 0.3) is 0 Å². The summed E-state index contributed by atoms with van der Waals surface area (Å²) in [6.07, 6.45) is 4.46. The zero-order valence-electron chi connectivity index (χ0n) is 10.3. The van der Waals surface area contributed by atoms with Gasteiger partial charge in [-0.25, -0.2) is 0 Å². The Labute approximate surface area is 102 Å². The van der Waals surface area contributed by atoms with E-state index < -0.39 is 0 Å². The minimum Gasteiger partial charge on any atom is -0.294 e. The van der Waals surface area contributed by atoms with Crippen molar-refractivity contribution in [3.63, 3.8) is 0 Å². The highest BCUT2D eigenvalue weighted by Gasteiger charge is 2.27. The fraction of sp³-hybridized carbons (Fsp3) is 0.188. The lowest BCUT2D eigenvalue weighted by atomic mass is 9.80. The lowest BCUT2D eigenvalue weighted by molar-refractivity contribution is -0.114. The Morgan fingerprint density at radius 2 is 2.00 bits per heavy atom. The Balaban J connectivity index is 2.55. The van der Waals surface area contributed by atoms with Gasteiger partial charge in [0.1, 0.15) is 0 Å². The highest BCUT2D eigenvalue weighted by atomic mass is 16.1. The van der Waals surface area contributed by atoms with Crippen molar-refractivity contribution in [3.8, 4) is 0 Å². The fourth-order valence-electron chi connectivity index (χ4n) is 2.12. The quantitative estimate of drug-likeness (QED) is 0.757. The molecular weight excluding hydrogens is 208 g/mol. The van der Waals surface area contributed by atoms with Crippen LogP contribution < -0.4 is 0 Å². The maximum Gasteiger partial charge on any atom is 0.168 e. The Morgan fingerprint density at radius 3 is 2.59 bits per heavy atom. The molecule has 0 aromatic heterocycles. The van der Waals surface area contributed by atoms with E-state index in [4.69, 9.17) is 0 Å². The Hall–Kier alpha value is -1.89. The summed E-state index contributed by atoms with van der Waals surface area (Å²) >= 11 is 0. The minimum absolute atomic E-state index is 0.229. The standard InChI is InChI=1S/C16H16O/c1-4-12-7-5-6-8-14(12)16-13(9-11(2)3)10-15(16)17/h4-9H,1,10H2,2-3H3. The number of carbonyl (C=O) groups excluding carboxylic acids is 1. The summed E-state index contributed by atoms with van der Waals surface area (Å²) in [6.45, 7) is 7.89. The van der Waals surface area contributed by atoms with Crippen LogP contribution in [0.3, 0.4) is 0 Å². The molecule has 0 heterocycles. The van der Waals surface area contributed by atoms with Crippen molar-refractivity contribution in [2.75, 3.05) is 0 Å². The first-order valence-electron chi connectivity index (χ1n) is 5.76. The van der Waals surface area contributed by atoms with Crippen LogP contribution in [0.5, 0.6) is 0 Å². The maximum absolute atomic E-state index is 11.8. The average molecular weight is 224 g/mol. The van der Waals surface area contributed by atoms with Crippen LogP contribution in [-0.4, -0.2) is 5.78 Å². The Kier molecular flexibility index (Phi) is 3.10. The monoisotopic (exact) mass is 224 g/mol. The topological polar surface area (TPSA) is 17.1 Å². The van der Waals surface area contributed by atoms with Gasteiger partial charge in [-0.15, -0.1) is 0 Å². The van der Waals surface area contributed by atoms with Crippen molar-refractivity contribution in [3.05, 3.63) is 59.2 Å². The predicted octanol–water partition coefficient (Wildman–Crippen LogP) is 4.02. The molecule has 1 aliphatic rings. The maximum atomic E-state index is 11.8. The van der Waals surface area contributed by atoms with Gasteiger partial charge in [-0.2, -0.15) is 0 Å². The van der Waals surface area contributed by atoms with Gasteiger partial charge >= 0.3 is 0 Å². The van der Waals surface area contributed by atoms with Gasteiger partial charge in [0, 0.05) is 12.0 Å². The molecule has 0 N–H and O–H groups in total. The molecule has 0 saturated heterocycles. The van der Waals surface area contributed by atoms with Crippen molar-refractivity contribution >= 4 is 17.4 Å². The zero-order valence-corrected chi connectivity index (χ0v) is 10.3. The first-order chi connectivity index (χ1) is 8.13. The largest absolute Gasteiger partial charge is 0.294 e. The van der Waals surface area contributed by atoms with E-state index in [9.17, 15) is 4.79 Å². The van der Waals surface area contributed by atoms with Crippen molar-refractivity contribution in [1.29, 1.82) is 0 Å². The molecule has 0 amide bonds. The minimum atomic E-state index is 0.229. The van der Waals surface area contributed by atoms with Crippen LogP contribution in [0.15, 0.2) is 48.1 Å². The molecule has 0 atom stereocenters. The lowest BCUT2D eigenvalue weighted by Gasteiger charge is -2.22. The molecule has 0 fully saturated rings. The molecule has 1 aromatic carbocycles. The second-order valence-electron chi connectivity index (χ2n) is 4.51. The van der Waals surface area contributed by atoms with Crippen molar-refractivity contribution in [1.82, 2.24) is 0 Å². The highest BCUT2D eigenvalue weighted by Crippen LogP contribution is 2.36. The summed E-state index contributed by atoms with van der Waals surface area (Å²) in [7, 11) is 0. The summed E-state index contributed by atoms with van der Waals surface area (Å²) in [5.74, 6) is 0.229. The molecule has 1 aliphatic carbocycles. The molecule has 1 heteroatoms. The second-order valence-corrected chi connectivity index (χ2v) is 4.51. The molecule has 0 unspecified atom stereocenters. The number of hydrogen-bond donors (Lipinski definition) is 0. The first-order valence-corrected chi connectivity index (χ1v) is 5.76. The molecule has 0 radical (unpaired) electrons. The van der Waals surface area contributed by atoms with Crippen LogP contribution in [0, 0.1) is 0 Å². The van der Waals surface area contributed by atoms with Crippen LogP contribution in [-0.2, 0) is 4.79 Å². The Bertz CT molecular complexity index is 540. The molecule has 0 saturated carbocycles. The SMILES string of the molecule is C=Cc1ccccc1C1=C(C=C(C)C)CC1=O. The molecular formula is C16H16O. The van der Waals surface area contributed by atoms with Gasteiger partial charge in [0.2, 0.25) is 0 Å². The lowest BCUT2D eigenvalue weighted by Crippen LogP contribution is -2.16. The highest BCUT2D eigenvalue weighted by molar-refractivity contribution is 6.30. The third kappa shape index (κ3) is 2.14. The van der Waals surface area contributed by atoms with Gasteiger partial charge in [0.15, 0.2) is 5.78 Å². The van der Waals surface area contributed by atoms with E-state index in [1.54, 1.807) is 6.08 Å². The summed E-state index contributed by atoms with van der Waals surface area (Å²) in [5, 5.41) is 0. The third-order valence-corrected chi connectivity index (χ3v) is 2.86. The molecule has 0 aliphatic heterocycles. The first kappa shape index (κ1) is 11.6. The van der Waals surface area contributed by atoms with Crippen LogP contribution in [0.1, 0.15) is 31.4 Å². The van der Waals surface area contributed by atoms with Crippen molar-refractivity contribution in [2.45, 2.75) is 20.3 Å². The molecule has 1 aromatic rings. The molecule has 2 rings (SSSR count). The van der Waals surface area contributed by atoms with Crippen LogP contribution in [0.25, 0.3) is 11.6 Å². The van der Waals surface area contributed by atoms with Crippen LogP contribution in [0.2, 0.25) is 0 Å². The van der Waals surface area contributed by atoms with Crippen molar-refractivity contribution in [2.24, 2.45) is 0 Å². The number of allylic oxidation sites excluding steroid dienone is 4. The molecule has 86 valence electrons. The summed E-state index contributed by atoms with van der Waals surface area (Å²) in [6, 6.07) is 7.90. The third-order valence-electron chi connectivity index (χ3n) is 2.86. The summed E-state index contributed by atoms with van der Waals surface area (Å²) in [4.78, 5) is 11.8. The van der Waals surface area contributed by atoms with E-state index in [1.165, 1.54) is 5.57 Å². The fourth-order valence-corrected chi connectivity index (χ4v) is 2.12. The van der Waals surface area contributed by atoms with E-state index in [0.29, 0.717) is 6.42 Å². The second kappa shape index (κ2) is 4.54. The number of ketones is 1. The van der Waals surface area contributed by atoms with E-state index in [-0.39, 0.29) is 5.78 Å². The van der Waals surface area contributed by atoms with Gasteiger partial charge in [0.05, 0.1) is 0 Å². The van der Waals surface area contributed by atoms with E-state index in [0.717, 1.165) is 22.3 Å².